The van der Waals surface area contributed by atoms with Gasteiger partial charge in [0.05, 0.1) is 12.8 Å². The van der Waals surface area contributed by atoms with Crippen LogP contribution in [-0.4, -0.2) is 26.9 Å². The molecule has 0 atom stereocenters. The molecule has 0 radical (unpaired) electrons. The Morgan fingerprint density at radius 3 is 3.00 bits per heavy atom. The summed E-state index contributed by atoms with van der Waals surface area (Å²) in [6, 6.07) is 2.38. The number of nitro groups is 1. The van der Waals surface area contributed by atoms with Crippen molar-refractivity contribution < 1.29 is 18.8 Å². The molecule has 0 amide bonds. The molecule has 94 valence electrons. The lowest BCUT2D eigenvalue weighted by atomic mass is 10.4. The van der Waals surface area contributed by atoms with Gasteiger partial charge in [0.1, 0.15) is 0 Å². The standard InChI is InChI=1S/C10H8FN3O4/c1-2-18-10(15)7-9(14(16)17)13-5-3-4-6(11)8(13)12-7/h3-5H,2H2,1H3. The fraction of sp³-hybridized carbons (Fsp3) is 0.200. The smallest absolute Gasteiger partial charge is 0.365 e. The molecule has 7 nitrogen and oxygen atoms in total. The first-order chi connectivity index (χ1) is 8.56. The minimum Gasteiger partial charge on any atom is -0.461 e. The first kappa shape index (κ1) is 12.0. The Morgan fingerprint density at radius 2 is 2.39 bits per heavy atom. The van der Waals surface area contributed by atoms with Gasteiger partial charge in [-0.3, -0.25) is 0 Å². The summed E-state index contributed by atoms with van der Waals surface area (Å²) in [6.45, 7) is 1.60. The molecule has 2 heterocycles. The van der Waals surface area contributed by atoms with Crippen LogP contribution in [0.2, 0.25) is 0 Å². The van der Waals surface area contributed by atoms with Gasteiger partial charge in [0.2, 0.25) is 5.69 Å². The van der Waals surface area contributed by atoms with E-state index >= 15 is 0 Å². The minimum absolute atomic E-state index is 0.0480. The predicted octanol–water partition coefficient (Wildman–Crippen LogP) is 1.56. The average Bonchev–Trinajstić information content (AvgIpc) is 2.70. The molecule has 0 saturated carbocycles. The second-order valence-corrected chi connectivity index (χ2v) is 3.31. The number of ether oxygens (including phenoxy) is 1. The van der Waals surface area contributed by atoms with Gasteiger partial charge in [0.25, 0.3) is 5.65 Å². The fourth-order valence-electron chi connectivity index (χ4n) is 1.53. The summed E-state index contributed by atoms with van der Waals surface area (Å²) in [5, 5.41) is 10.9. The van der Waals surface area contributed by atoms with E-state index in [9.17, 15) is 19.3 Å². The quantitative estimate of drug-likeness (QED) is 0.470. The van der Waals surface area contributed by atoms with Gasteiger partial charge < -0.3 is 14.9 Å². The van der Waals surface area contributed by atoms with Gasteiger partial charge in [-0.15, -0.1) is 0 Å². The topological polar surface area (TPSA) is 86.7 Å². The van der Waals surface area contributed by atoms with Crippen LogP contribution in [0, 0.1) is 15.9 Å². The molecular weight excluding hydrogens is 245 g/mol. The van der Waals surface area contributed by atoms with Crippen molar-refractivity contribution in [2.24, 2.45) is 0 Å². The minimum atomic E-state index is -0.952. The van der Waals surface area contributed by atoms with Gasteiger partial charge >= 0.3 is 11.8 Å². The Hall–Kier alpha value is -2.51. The molecule has 0 aliphatic rings. The van der Waals surface area contributed by atoms with E-state index in [1.807, 2.05) is 0 Å². The third-order valence-electron chi connectivity index (χ3n) is 2.22. The molecule has 0 saturated heterocycles. The Balaban J connectivity index is 2.73. The second kappa shape index (κ2) is 4.40. The van der Waals surface area contributed by atoms with E-state index < -0.39 is 28.2 Å². The van der Waals surface area contributed by atoms with Crippen molar-refractivity contribution >= 4 is 17.4 Å². The molecule has 2 aromatic rings. The largest absolute Gasteiger partial charge is 0.461 e. The SMILES string of the molecule is CCOC(=O)c1nc2c(F)cccn2c1[N+](=O)[O-]. The molecule has 0 aliphatic carbocycles. The number of halogens is 1. The summed E-state index contributed by atoms with van der Waals surface area (Å²) in [7, 11) is 0. The summed E-state index contributed by atoms with van der Waals surface area (Å²) in [5.41, 5.74) is -0.792. The van der Waals surface area contributed by atoms with Crippen LogP contribution in [0.5, 0.6) is 0 Å². The maximum Gasteiger partial charge on any atom is 0.365 e. The maximum absolute atomic E-state index is 13.4. The Morgan fingerprint density at radius 1 is 1.67 bits per heavy atom. The van der Waals surface area contributed by atoms with Crippen LogP contribution in [-0.2, 0) is 4.74 Å². The molecule has 18 heavy (non-hydrogen) atoms. The number of hydrogen-bond acceptors (Lipinski definition) is 5. The van der Waals surface area contributed by atoms with Crippen molar-refractivity contribution in [3.05, 3.63) is 40.0 Å². The third-order valence-corrected chi connectivity index (χ3v) is 2.22. The number of rotatable bonds is 3. The van der Waals surface area contributed by atoms with E-state index in [1.165, 1.54) is 12.3 Å². The van der Waals surface area contributed by atoms with Crippen LogP contribution >= 0.6 is 0 Å². The van der Waals surface area contributed by atoms with E-state index in [0.29, 0.717) is 0 Å². The molecule has 0 bridgehead atoms. The van der Waals surface area contributed by atoms with Crippen LogP contribution in [0.4, 0.5) is 10.2 Å². The lowest BCUT2D eigenvalue weighted by Crippen LogP contribution is -2.08. The maximum atomic E-state index is 13.4. The number of carbonyl (C=O) groups excluding carboxylic acids is 1. The molecule has 8 heteroatoms. The summed E-state index contributed by atoms with van der Waals surface area (Å²) in [5.74, 6) is -2.31. The second-order valence-electron chi connectivity index (χ2n) is 3.31. The van der Waals surface area contributed by atoms with Gasteiger partial charge in [-0.25, -0.2) is 9.18 Å². The molecule has 2 aromatic heterocycles. The van der Waals surface area contributed by atoms with Gasteiger partial charge in [0.15, 0.2) is 5.82 Å². The van der Waals surface area contributed by atoms with E-state index in [0.717, 1.165) is 10.5 Å². The van der Waals surface area contributed by atoms with Crippen LogP contribution in [0.25, 0.3) is 5.65 Å². The fourth-order valence-corrected chi connectivity index (χ4v) is 1.53. The van der Waals surface area contributed by atoms with Crippen molar-refractivity contribution in [1.29, 1.82) is 0 Å². The molecule has 0 fully saturated rings. The average molecular weight is 253 g/mol. The van der Waals surface area contributed by atoms with Gasteiger partial charge in [-0.2, -0.15) is 9.38 Å². The Labute approximate surface area is 100.0 Å². The monoisotopic (exact) mass is 253 g/mol. The van der Waals surface area contributed by atoms with Crippen molar-refractivity contribution in [1.82, 2.24) is 9.38 Å². The van der Waals surface area contributed by atoms with Crippen molar-refractivity contribution in [2.45, 2.75) is 6.92 Å². The van der Waals surface area contributed by atoms with Crippen LogP contribution in [0.3, 0.4) is 0 Å². The molecule has 0 aliphatic heterocycles. The Bertz CT molecular complexity index is 637. The molecule has 2 rings (SSSR count). The highest BCUT2D eigenvalue weighted by Crippen LogP contribution is 2.22. The van der Waals surface area contributed by atoms with Gasteiger partial charge in [0, 0.05) is 0 Å². The van der Waals surface area contributed by atoms with Crippen LogP contribution in [0.15, 0.2) is 18.3 Å². The van der Waals surface area contributed by atoms with Crippen molar-refractivity contribution in [3.8, 4) is 0 Å². The Kier molecular flexibility index (Phi) is 2.92. The number of hydrogen-bond donors (Lipinski definition) is 0. The molecule has 0 spiro atoms. The highest BCUT2D eigenvalue weighted by atomic mass is 19.1. The first-order valence-corrected chi connectivity index (χ1v) is 5.04. The third kappa shape index (κ3) is 1.77. The van der Waals surface area contributed by atoms with E-state index in [1.54, 1.807) is 6.92 Å². The predicted molar refractivity (Wildman–Crippen MR) is 57.8 cm³/mol. The van der Waals surface area contributed by atoms with E-state index in [-0.39, 0.29) is 12.3 Å². The zero-order valence-corrected chi connectivity index (χ0v) is 9.29. The van der Waals surface area contributed by atoms with Crippen molar-refractivity contribution in [3.63, 3.8) is 0 Å². The zero-order chi connectivity index (χ0) is 13.3. The van der Waals surface area contributed by atoms with Gasteiger partial charge in [-0.1, -0.05) is 0 Å². The zero-order valence-electron chi connectivity index (χ0n) is 9.29. The van der Waals surface area contributed by atoms with Crippen LogP contribution in [0.1, 0.15) is 17.4 Å². The lowest BCUT2D eigenvalue weighted by Gasteiger charge is -1.98. The van der Waals surface area contributed by atoms with E-state index in [4.69, 9.17) is 0 Å². The number of aromatic nitrogens is 2. The number of esters is 1. The van der Waals surface area contributed by atoms with Gasteiger partial charge in [-0.05, 0) is 24.0 Å². The number of nitrogens with zero attached hydrogens (tertiary/aromatic N) is 3. The summed E-state index contributed by atoms with van der Waals surface area (Å²) < 4.78 is 19.0. The van der Waals surface area contributed by atoms with Crippen molar-refractivity contribution in [2.75, 3.05) is 6.61 Å². The normalized spacial score (nSPS) is 10.6. The molecule has 0 N–H and O–H groups in total. The highest BCUT2D eigenvalue weighted by molar-refractivity contribution is 5.92. The number of imidazole rings is 1. The van der Waals surface area contributed by atoms with Crippen LogP contribution < -0.4 is 0 Å². The summed E-state index contributed by atoms with van der Waals surface area (Å²) in [6.07, 6.45) is 1.26. The number of fused-ring (bicyclic) bond motifs is 1. The number of pyridine rings is 1. The summed E-state index contributed by atoms with van der Waals surface area (Å²) in [4.78, 5) is 25.3. The molecule has 0 aromatic carbocycles. The number of carbonyl (C=O) groups is 1. The molecular formula is C10H8FN3O4. The lowest BCUT2D eigenvalue weighted by molar-refractivity contribution is -0.390. The summed E-state index contributed by atoms with van der Waals surface area (Å²) >= 11 is 0. The molecule has 0 unspecified atom stereocenters. The highest BCUT2D eigenvalue weighted by Gasteiger charge is 2.30. The van der Waals surface area contributed by atoms with E-state index in [2.05, 4.69) is 9.72 Å². The first-order valence-electron chi connectivity index (χ1n) is 5.04.